The number of amides is 3. The summed E-state index contributed by atoms with van der Waals surface area (Å²) in [5.41, 5.74) is 1.59. The molecular formula is C28H34ClN3O4. The van der Waals surface area contributed by atoms with E-state index < -0.39 is 0 Å². The number of hydrogen-bond acceptors (Lipinski definition) is 4. The summed E-state index contributed by atoms with van der Waals surface area (Å²) in [6, 6.07) is 14.2. The van der Waals surface area contributed by atoms with Crippen LogP contribution in [0, 0.1) is 12.8 Å². The SMILES string of the molecule is Cc1ccccc1C(=O)N[C@@H]1CCCC[C@H]1NC(=O)[C@H]1CCCN(C(=O)COc2ccc(Cl)cc2)C1. The first-order valence-corrected chi connectivity index (χ1v) is 13.1. The monoisotopic (exact) mass is 511 g/mol. The van der Waals surface area contributed by atoms with Gasteiger partial charge in [-0.05, 0) is 68.5 Å². The number of rotatable bonds is 7. The van der Waals surface area contributed by atoms with Crippen molar-refractivity contribution >= 4 is 29.3 Å². The highest BCUT2D eigenvalue weighted by molar-refractivity contribution is 6.30. The van der Waals surface area contributed by atoms with E-state index >= 15 is 0 Å². The van der Waals surface area contributed by atoms with E-state index in [4.69, 9.17) is 16.3 Å². The molecule has 1 aliphatic heterocycles. The van der Waals surface area contributed by atoms with Crippen molar-refractivity contribution in [2.75, 3.05) is 19.7 Å². The number of halogens is 1. The van der Waals surface area contributed by atoms with Gasteiger partial charge in [0, 0.05) is 35.8 Å². The minimum atomic E-state index is -0.270. The molecule has 0 spiro atoms. The molecule has 2 aromatic rings. The number of carbonyl (C=O) groups excluding carboxylic acids is 3. The smallest absolute Gasteiger partial charge is 0.260 e. The molecule has 36 heavy (non-hydrogen) atoms. The predicted octanol–water partition coefficient (Wildman–Crippen LogP) is 4.12. The number of hydrogen-bond donors (Lipinski definition) is 2. The van der Waals surface area contributed by atoms with Crippen molar-refractivity contribution in [3.05, 3.63) is 64.7 Å². The van der Waals surface area contributed by atoms with Crippen LogP contribution in [0.15, 0.2) is 48.5 Å². The molecule has 1 heterocycles. The lowest BCUT2D eigenvalue weighted by Crippen LogP contribution is -2.55. The van der Waals surface area contributed by atoms with Gasteiger partial charge in [0.2, 0.25) is 5.91 Å². The zero-order valence-electron chi connectivity index (χ0n) is 20.7. The standard InChI is InChI=1S/C28H34ClN3O4/c1-19-7-2-3-9-23(19)28(35)31-25-11-5-4-10-24(25)30-27(34)20-8-6-16-32(17-20)26(33)18-36-22-14-12-21(29)13-15-22/h2-3,7,9,12-15,20,24-25H,4-6,8,10-11,16-18H2,1H3,(H,30,34)(H,31,35)/t20-,24+,25+/m0/s1. The molecule has 0 unspecified atom stereocenters. The normalized spacial score (nSPS) is 21.9. The first-order valence-electron chi connectivity index (χ1n) is 12.7. The van der Waals surface area contributed by atoms with Crippen LogP contribution >= 0.6 is 11.6 Å². The fraction of sp³-hybridized carbons (Fsp3) is 0.464. The Morgan fingerprint density at radius 1 is 0.944 bits per heavy atom. The van der Waals surface area contributed by atoms with E-state index in [-0.39, 0.29) is 42.3 Å². The number of ether oxygens (including phenoxy) is 1. The average Bonchev–Trinajstić information content (AvgIpc) is 2.89. The zero-order chi connectivity index (χ0) is 25.5. The van der Waals surface area contributed by atoms with Gasteiger partial charge < -0.3 is 20.3 Å². The molecule has 2 aliphatic rings. The van der Waals surface area contributed by atoms with E-state index in [1.165, 1.54) is 0 Å². The number of benzene rings is 2. The Labute approximate surface area is 217 Å². The molecule has 8 heteroatoms. The molecule has 0 aromatic heterocycles. The highest BCUT2D eigenvalue weighted by atomic mass is 35.5. The Balaban J connectivity index is 1.30. The second-order valence-electron chi connectivity index (χ2n) is 9.72. The summed E-state index contributed by atoms with van der Waals surface area (Å²) in [6.45, 7) is 2.84. The van der Waals surface area contributed by atoms with E-state index in [1.54, 1.807) is 29.2 Å². The molecule has 2 N–H and O–H groups in total. The number of aryl methyl sites for hydroxylation is 1. The van der Waals surface area contributed by atoms with Gasteiger partial charge in [0.05, 0.1) is 5.92 Å². The minimum Gasteiger partial charge on any atom is -0.484 e. The molecule has 2 fully saturated rings. The van der Waals surface area contributed by atoms with Crippen LogP contribution in [-0.4, -0.2) is 54.4 Å². The number of piperidine rings is 1. The highest BCUT2D eigenvalue weighted by Crippen LogP contribution is 2.23. The number of likely N-dealkylation sites (tertiary alicyclic amines) is 1. The number of nitrogens with one attached hydrogen (secondary N) is 2. The number of nitrogens with zero attached hydrogens (tertiary/aromatic N) is 1. The maximum Gasteiger partial charge on any atom is 0.260 e. The van der Waals surface area contributed by atoms with Crippen molar-refractivity contribution in [1.29, 1.82) is 0 Å². The van der Waals surface area contributed by atoms with Crippen molar-refractivity contribution < 1.29 is 19.1 Å². The summed E-state index contributed by atoms with van der Waals surface area (Å²) >= 11 is 5.89. The predicted molar refractivity (Wildman–Crippen MR) is 139 cm³/mol. The second kappa shape index (κ2) is 12.3. The first kappa shape index (κ1) is 26.0. The van der Waals surface area contributed by atoms with Crippen LogP contribution in [0.3, 0.4) is 0 Å². The Kier molecular flexibility index (Phi) is 8.86. The van der Waals surface area contributed by atoms with Gasteiger partial charge in [-0.1, -0.05) is 42.6 Å². The zero-order valence-corrected chi connectivity index (χ0v) is 21.4. The van der Waals surface area contributed by atoms with Crippen LogP contribution in [-0.2, 0) is 9.59 Å². The molecule has 1 saturated heterocycles. The van der Waals surface area contributed by atoms with Gasteiger partial charge in [-0.3, -0.25) is 14.4 Å². The molecule has 192 valence electrons. The summed E-state index contributed by atoms with van der Waals surface area (Å²) in [6.07, 6.45) is 5.20. The molecule has 3 atom stereocenters. The maximum absolute atomic E-state index is 13.2. The fourth-order valence-corrected chi connectivity index (χ4v) is 5.16. The summed E-state index contributed by atoms with van der Waals surface area (Å²) in [4.78, 5) is 40.5. The second-order valence-corrected chi connectivity index (χ2v) is 10.2. The van der Waals surface area contributed by atoms with Crippen LogP contribution in [0.25, 0.3) is 0 Å². The fourth-order valence-electron chi connectivity index (χ4n) is 5.04. The lowest BCUT2D eigenvalue weighted by Gasteiger charge is -2.36. The molecule has 2 aromatic carbocycles. The lowest BCUT2D eigenvalue weighted by atomic mass is 9.88. The molecule has 0 radical (unpaired) electrons. The average molecular weight is 512 g/mol. The van der Waals surface area contributed by atoms with E-state index in [0.29, 0.717) is 29.4 Å². The molecular weight excluding hydrogens is 478 g/mol. The Hall–Kier alpha value is -3.06. The summed E-state index contributed by atoms with van der Waals surface area (Å²) < 4.78 is 5.60. The van der Waals surface area contributed by atoms with Crippen molar-refractivity contribution in [3.8, 4) is 5.75 Å². The highest BCUT2D eigenvalue weighted by Gasteiger charge is 2.33. The summed E-state index contributed by atoms with van der Waals surface area (Å²) in [5.74, 6) is 0.0223. The Morgan fingerprint density at radius 3 is 2.36 bits per heavy atom. The third kappa shape index (κ3) is 6.78. The molecule has 3 amide bonds. The van der Waals surface area contributed by atoms with E-state index in [2.05, 4.69) is 10.6 Å². The van der Waals surface area contributed by atoms with Crippen LogP contribution in [0.1, 0.15) is 54.4 Å². The van der Waals surface area contributed by atoms with Gasteiger partial charge in [0.1, 0.15) is 5.75 Å². The number of carbonyl (C=O) groups is 3. The van der Waals surface area contributed by atoms with Crippen molar-refractivity contribution in [3.63, 3.8) is 0 Å². The third-order valence-corrected chi connectivity index (χ3v) is 7.37. The molecule has 1 saturated carbocycles. The van der Waals surface area contributed by atoms with Gasteiger partial charge in [0.25, 0.3) is 11.8 Å². The lowest BCUT2D eigenvalue weighted by molar-refractivity contribution is -0.137. The minimum absolute atomic E-state index is 0.0480. The van der Waals surface area contributed by atoms with Gasteiger partial charge in [-0.25, -0.2) is 0 Å². The maximum atomic E-state index is 13.2. The summed E-state index contributed by atoms with van der Waals surface area (Å²) in [5, 5.41) is 6.96. The largest absolute Gasteiger partial charge is 0.484 e. The Bertz CT molecular complexity index is 1070. The van der Waals surface area contributed by atoms with Gasteiger partial charge in [0.15, 0.2) is 6.61 Å². The molecule has 0 bridgehead atoms. The van der Waals surface area contributed by atoms with E-state index in [9.17, 15) is 14.4 Å². The molecule has 7 nitrogen and oxygen atoms in total. The van der Waals surface area contributed by atoms with E-state index in [1.807, 2.05) is 31.2 Å². The van der Waals surface area contributed by atoms with Crippen molar-refractivity contribution in [2.24, 2.45) is 5.92 Å². The quantitative estimate of drug-likeness (QED) is 0.585. The van der Waals surface area contributed by atoms with Gasteiger partial charge in [-0.2, -0.15) is 0 Å². The topological polar surface area (TPSA) is 87.7 Å². The molecule has 1 aliphatic carbocycles. The van der Waals surface area contributed by atoms with Crippen LogP contribution < -0.4 is 15.4 Å². The van der Waals surface area contributed by atoms with Gasteiger partial charge in [-0.15, -0.1) is 0 Å². The van der Waals surface area contributed by atoms with E-state index in [0.717, 1.165) is 44.1 Å². The first-order chi connectivity index (χ1) is 17.4. The van der Waals surface area contributed by atoms with Crippen LogP contribution in [0.2, 0.25) is 5.02 Å². The van der Waals surface area contributed by atoms with Crippen molar-refractivity contribution in [2.45, 2.75) is 57.5 Å². The van der Waals surface area contributed by atoms with Gasteiger partial charge >= 0.3 is 0 Å². The summed E-state index contributed by atoms with van der Waals surface area (Å²) in [7, 11) is 0. The Morgan fingerprint density at radius 2 is 1.64 bits per heavy atom. The molecule has 4 rings (SSSR count). The van der Waals surface area contributed by atoms with Crippen LogP contribution in [0.4, 0.5) is 0 Å². The third-order valence-electron chi connectivity index (χ3n) is 7.12. The van der Waals surface area contributed by atoms with Crippen molar-refractivity contribution in [1.82, 2.24) is 15.5 Å². The van der Waals surface area contributed by atoms with Crippen LogP contribution in [0.5, 0.6) is 5.75 Å².